The van der Waals surface area contributed by atoms with E-state index in [9.17, 15) is 4.79 Å². The van der Waals surface area contributed by atoms with Gasteiger partial charge >= 0.3 is 0 Å². The largest absolute Gasteiger partial charge is 0.361 e. The number of aromatic nitrogens is 1. The maximum atomic E-state index is 12.6. The smallest absolute Gasteiger partial charge is 0.254 e. The summed E-state index contributed by atoms with van der Waals surface area (Å²) >= 11 is 0. The van der Waals surface area contributed by atoms with Crippen LogP contribution in [0, 0.1) is 5.92 Å². The number of nitrogens with one attached hydrogen (secondary N) is 1. The van der Waals surface area contributed by atoms with Crippen LogP contribution >= 0.6 is 0 Å². The molecule has 0 aliphatic heterocycles. The van der Waals surface area contributed by atoms with Crippen molar-refractivity contribution in [2.75, 3.05) is 13.6 Å². The Kier molecular flexibility index (Phi) is 3.28. The van der Waals surface area contributed by atoms with Crippen molar-refractivity contribution in [1.29, 1.82) is 0 Å². The Morgan fingerprint density at radius 3 is 2.89 bits per heavy atom. The second-order valence-electron chi connectivity index (χ2n) is 5.58. The summed E-state index contributed by atoms with van der Waals surface area (Å²) in [5.41, 5.74) is 1.83. The molecular weight excluding hydrogens is 236 g/mol. The Bertz CT molecular complexity index is 581. The van der Waals surface area contributed by atoms with Crippen molar-refractivity contribution < 1.29 is 4.79 Å². The van der Waals surface area contributed by atoms with Gasteiger partial charge in [-0.3, -0.25) is 4.79 Å². The summed E-state index contributed by atoms with van der Waals surface area (Å²) in [6.45, 7) is 0.889. The summed E-state index contributed by atoms with van der Waals surface area (Å²) in [5.74, 6) is 0.830. The van der Waals surface area contributed by atoms with E-state index in [0.29, 0.717) is 5.92 Å². The highest BCUT2D eigenvalue weighted by molar-refractivity contribution is 6.06. The highest BCUT2D eigenvalue weighted by Gasteiger charge is 2.21. The number of amides is 1. The number of fused-ring (bicyclic) bond motifs is 1. The third-order valence-electron chi connectivity index (χ3n) is 4.18. The van der Waals surface area contributed by atoms with E-state index >= 15 is 0 Å². The fourth-order valence-corrected chi connectivity index (χ4v) is 3.14. The van der Waals surface area contributed by atoms with Gasteiger partial charge in [-0.15, -0.1) is 0 Å². The zero-order chi connectivity index (χ0) is 13.2. The summed E-state index contributed by atoms with van der Waals surface area (Å²) in [4.78, 5) is 17.6. The number of H-pyrrole nitrogens is 1. The molecule has 0 spiro atoms. The molecule has 100 valence electrons. The first-order valence-corrected chi connectivity index (χ1v) is 7.07. The van der Waals surface area contributed by atoms with Gasteiger partial charge in [-0.25, -0.2) is 0 Å². The number of carbonyl (C=O) groups excluding carboxylic acids is 1. The molecule has 0 atom stereocenters. The highest BCUT2D eigenvalue weighted by atomic mass is 16.2. The van der Waals surface area contributed by atoms with E-state index in [-0.39, 0.29) is 5.91 Å². The second-order valence-corrected chi connectivity index (χ2v) is 5.58. The average molecular weight is 256 g/mol. The molecule has 0 radical (unpaired) electrons. The molecule has 1 fully saturated rings. The lowest BCUT2D eigenvalue weighted by molar-refractivity contribution is 0.0775. The normalized spacial score (nSPS) is 16.1. The molecule has 1 amide bonds. The summed E-state index contributed by atoms with van der Waals surface area (Å²) in [6, 6.07) is 7.84. The van der Waals surface area contributed by atoms with Crippen molar-refractivity contribution in [3.63, 3.8) is 0 Å². The van der Waals surface area contributed by atoms with Crippen LogP contribution in [0.25, 0.3) is 10.9 Å². The van der Waals surface area contributed by atoms with E-state index in [1.165, 1.54) is 25.7 Å². The average Bonchev–Trinajstić information content (AvgIpc) is 3.07. The minimum atomic E-state index is 0.136. The van der Waals surface area contributed by atoms with Gasteiger partial charge in [0.1, 0.15) is 0 Å². The molecule has 3 rings (SSSR count). The van der Waals surface area contributed by atoms with Crippen LogP contribution in [0.5, 0.6) is 0 Å². The highest BCUT2D eigenvalue weighted by Crippen LogP contribution is 2.26. The Morgan fingerprint density at radius 1 is 1.32 bits per heavy atom. The van der Waals surface area contributed by atoms with Crippen molar-refractivity contribution in [3.05, 3.63) is 36.0 Å². The van der Waals surface area contributed by atoms with Crippen LogP contribution in [0.1, 0.15) is 36.0 Å². The number of hydrogen-bond donors (Lipinski definition) is 1. The third kappa shape index (κ3) is 2.37. The summed E-state index contributed by atoms with van der Waals surface area (Å²) < 4.78 is 0. The lowest BCUT2D eigenvalue weighted by Crippen LogP contribution is -2.31. The van der Waals surface area contributed by atoms with E-state index in [4.69, 9.17) is 0 Å². The molecule has 3 heteroatoms. The van der Waals surface area contributed by atoms with Crippen molar-refractivity contribution in [1.82, 2.24) is 9.88 Å². The van der Waals surface area contributed by atoms with Gasteiger partial charge in [0, 0.05) is 36.3 Å². The van der Waals surface area contributed by atoms with E-state index in [1.807, 2.05) is 42.4 Å². The van der Waals surface area contributed by atoms with Crippen LogP contribution in [0.2, 0.25) is 0 Å². The zero-order valence-electron chi connectivity index (χ0n) is 11.4. The molecule has 1 aliphatic rings. The Balaban J connectivity index is 1.80. The Labute approximate surface area is 113 Å². The molecule has 1 aromatic heterocycles. The first-order chi connectivity index (χ1) is 9.25. The molecule has 2 aromatic rings. The van der Waals surface area contributed by atoms with Crippen LogP contribution in [0.3, 0.4) is 0 Å². The van der Waals surface area contributed by atoms with Crippen LogP contribution in [0.4, 0.5) is 0 Å². The van der Waals surface area contributed by atoms with Crippen molar-refractivity contribution in [2.45, 2.75) is 25.7 Å². The predicted molar refractivity (Wildman–Crippen MR) is 77.2 cm³/mol. The molecule has 3 nitrogen and oxygen atoms in total. The second kappa shape index (κ2) is 5.08. The number of rotatable bonds is 3. The quantitative estimate of drug-likeness (QED) is 0.897. The molecule has 1 heterocycles. The minimum Gasteiger partial charge on any atom is -0.361 e. The SMILES string of the molecule is CN(CC1CCCC1)C(=O)c1cccc2[nH]ccc12. The molecule has 1 aromatic carbocycles. The van der Waals surface area contributed by atoms with E-state index in [1.54, 1.807) is 0 Å². The van der Waals surface area contributed by atoms with Crippen LogP contribution in [-0.2, 0) is 0 Å². The fourth-order valence-electron chi connectivity index (χ4n) is 3.14. The molecule has 1 saturated carbocycles. The lowest BCUT2D eigenvalue weighted by Gasteiger charge is -2.21. The Hall–Kier alpha value is -1.77. The van der Waals surface area contributed by atoms with Gasteiger partial charge in [-0.05, 0) is 37.0 Å². The maximum Gasteiger partial charge on any atom is 0.254 e. The van der Waals surface area contributed by atoms with Gasteiger partial charge < -0.3 is 9.88 Å². The minimum absolute atomic E-state index is 0.136. The number of carbonyl (C=O) groups is 1. The molecule has 0 saturated heterocycles. The van der Waals surface area contributed by atoms with E-state index in [0.717, 1.165) is 23.0 Å². The number of nitrogens with zero attached hydrogens (tertiary/aromatic N) is 1. The van der Waals surface area contributed by atoms with Crippen molar-refractivity contribution in [3.8, 4) is 0 Å². The van der Waals surface area contributed by atoms with Crippen LogP contribution in [0.15, 0.2) is 30.5 Å². The lowest BCUT2D eigenvalue weighted by atomic mass is 10.1. The van der Waals surface area contributed by atoms with Crippen molar-refractivity contribution in [2.24, 2.45) is 5.92 Å². The molecule has 19 heavy (non-hydrogen) atoms. The monoisotopic (exact) mass is 256 g/mol. The summed E-state index contributed by atoms with van der Waals surface area (Å²) in [6.07, 6.45) is 7.07. The van der Waals surface area contributed by atoms with Gasteiger partial charge in [-0.2, -0.15) is 0 Å². The van der Waals surface area contributed by atoms with Crippen LogP contribution in [-0.4, -0.2) is 29.4 Å². The molecular formula is C16H20N2O. The standard InChI is InChI=1S/C16H20N2O/c1-18(11-12-5-2-3-6-12)16(19)14-7-4-8-15-13(14)9-10-17-15/h4,7-10,12,17H,2-3,5-6,11H2,1H3. The molecule has 1 N–H and O–H groups in total. The topological polar surface area (TPSA) is 36.1 Å². The predicted octanol–water partition coefficient (Wildman–Crippen LogP) is 3.43. The van der Waals surface area contributed by atoms with E-state index in [2.05, 4.69) is 4.98 Å². The summed E-state index contributed by atoms with van der Waals surface area (Å²) in [5, 5.41) is 1.02. The first-order valence-electron chi connectivity index (χ1n) is 7.07. The van der Waals surface area contributed by atoms with Gasteiger partial charge in [0.05, 0.1) is 0 Å². The first kappa shape index (κ1) is 12.3. The van der Waals surface area contributed by atoms with Gasteiger partial charge in [0.2, 0.25) is 0 Å². The number of hydrogen-bond acceptors (Lipinski definition) is 1. The number of benzene rings is 1. The van der Waals surface area contributed by atoms with Gasteiger partial charge in [-0.1, -0.05) is 18.9 Å². The molecule has 0 unspecified atom stereocenters. The molecule has 0 bridgehead atoms. The van der Waals surface area contributed by atoms with Crippen LogP contribution < -0.4 is 0 Å². The van der Waals surface area contributed by atoms with Crippen molar-refractivity contribution >= 4 is 16.8 Å². The zero-order valence-corrected chi connectivity index (χ0v) is 11.4. The fraction of sp³-hybridized carbons (Fsp3) is 0.438. The van der Waals surface area contributed by atoms with Gasteiger partial charge in [0.25, 0.3) is 5.91 Å². The number of aromatic amines is 1. The molecule has 1 aliphatic carbocycles. The third-order valence-corrected chi connectivity index (χ3v) is 4.18. The van der Waals surface area contributed by atoms with E-state index < -0.39 is 0 Å². The van der Waals surface area contributed by atoms with Gasteiger partial charge in [0.15, 0.2) is 0 Å². The Morgan fingerprint density at radius 2 is 2.11 bits per heavy atom. The summed E-state index contributed by atoms with van der Waals surface area (Å²) in [7, 11) is 1.92. The maximum absolute atomic E-state index is 12.6.